The number of hydrogen-bond acceptors (Lipinski definition) is 12. The average molecular weight is 813 g/mol. The summed E-state index contributed by atoms with van der Waals surface area (Å²) in [6.07, 6.45) is 2.71. The van der Waals surface area contributed by atoms with Crippen molar-refractivity contribution in [3.8, 4) is 5.75 Å². The number of hydrazine groups is 1. The summed E-state index contributed by atoms with van der Waals surface area (Å²) in [7, 11) is 1.28. The number of nitrogens with zero attached hydrogens (tertiary/aromatic N) is 2. The highest BCUT2D eigenvalue weighted by atomic mass is 32.1. The predicted octanol–water partition coefficient (Wildman–Crippen LogP) is -0.753. The molecule has 0 aliphatic rings. The number of aromatic hydroxyl groups is 1. The second kappa shape index (κ2) is 23.2. The third kappa shape index (κ3) is 15.2. The minimum Gasteiger partial charge on any atom is -0.508 e. The average Bonchev–Trinajstić information content (AvgIpc) is 3.71. The zero-order valence-corrected chi connectivity index (χ0v) is 32.1. The van der Waals surface area contributed by atoms with E-state index >= 15 is 0 Å². The highest BCUT2D eigenvalue weighted by molar-refractivity contribution is 7.07. The fraction of sp³-hybridized carbons (Fsp3) is 0.405. The van der Waals surface area contributed by atoms with E-state index in [4.69, 9.17) is 5.73 Å². The molecule has 0 unspecified atom stereocenters. The topological polar surface area (TPSA) is 274 Å². The number of likely N-dealkylation sites (N-methyl/N-ethyl adjacent to an activating group) is 1. The van der Waals surface area contributed by atoms with Crippen LogP contribution >= 0.6 is 11.3 Å². The number of nitrogens with one attached hydrogen (secondary N) is 6. The minimum absolute atomic E-state index is 0.0344. The molecule has 5 atom stereocenters. The van der Waals surface area contributed by atoms with Crippen molar-refractivity contribution < 1.29 is 48.2 Å². The van der Waals surface area contributed by atoms with Crippen molar-refractivity contribution >= 4 is 53.2 Å². The van der Waals surface area contributed by atoms with Gasteiger partial charge in [0.05, 0.1) is 23.9 Å². The first-order chi connectivity index (χ1) is 27.2. The lowest BCUT2D eigenvalue weighted by atomic mass is 10.0. The molecular weight excluding hydrogens is 766 g/mol. The number of thiazole rings is 1. The van der Waals surface area contributed by atoms with Gasteiger partial charge in [0.15, 0.2) is 0 Å². The lowest BCUT2D eigenvalue weighted by Crippen LogP contribution is -2.61. The number of amides is 7. The molecule has 307 valence electrons. The van der Waals surface area contributed by atoms with Crippen molar-refractivity contribution in [3.05, 3.63) is 82.1 Å². The molecule has 0 spiro atoms. The maximum Gasteiger partial charge on any atom is 0.334 e. The molecule has 0 aliphatic carbocycles. The summed E-state index contributed by atoms with van der Waals surface area (Å²) < 4.78 is 13.6. The van der Waals surface area contributed by atoms with Gasteiger partial charge in [-0.15, -0.1) is 11.3 Å². The molecule has 0 aliphatic heterocycles. The van der Waals surface area contributed by atoms with Gasteiger partial charge in [0, 0.05) is 38.6 Å². The zero-order valence-electron chi connectivity index (χ0n) is 31.3. The lowest BCUT2D eigenvalue weighted by molar-refractivity contribution is -0.143. The van der Waals surface area contributed by atoms with Crippen LogP contribution in [0.15, 0.2) is 59.4 Å². The van der Waals surface area contributed by atoms with Crippen molar-refractivity contribution in [1.82, 2.24) is 42.0 Å². The summed E-state index contributed by atoms with van der Waals surface area (Å²) in [5.41, 5.74) is 12.6. The Bertz CT molecular complexity index is 1800. The second-order valence-corrected chi connectivity index (χ2v) is 13.7. The number of carbonyl (C=O) groups excluding carboxylic acids is 7. The summed E-state index contributed by atoms with van der Waals surface area (Å²) in [4.78, 5) is 96.0. The molecule has 3 aromatic rings. The number of urea groups is 1. The van der Waals surface area contributed by atoms with Crippen LogP contribution in [0.1, 0.15) is 43.0 Å². The largest absolute Gasteiger partial charge is 0.508 e. The molecule has 0 fully saturated rings. The molecule has 1 aromatic heterocycles. The van der Waals surface area contributed by atoms with Gasteiger partial charge in [-0.1, -0.05) is 24.3 Å². The van der Waals surface area contributed by atoms with Crippen molar-refractivity contribution in [1.29, 1.82) is 0 Å². The van der Waals surface area contributed by atoms with Gasteiger partial charge in [-0.2, -0.15) is 0 Å². The highest BCUT2D eigenvalue weighted by Gasteiger charge is 2.35. The Balaban J connectivity index is 1.86. The first-order valence-electron chi connectivity index (χ1n) is 17.8. The SMILES string of the molecule is CC(=O)NNC(=O)N[C@@H](Cc1ccc(F)cc1)C(=O)N[C@@H](Cc1cscn1)C(=O)N[C@@H](CO)C(=O)N(C)[C@@H](Cc1ccc(O)cc1)C(=O)N[C@@H]([C]=O)CCCCN. The number of aromatic nitrogens is 1. The Hall–Kier alpha value is -5.99. The van der Waals surface area contributed by atoms with Gasteiger partial charge >= 0.3 is 6.03 Å². The van der Waals surface area contributed by atoms with Crippen molar-refractivity contribution in [2.45, 2.75) is 75.7 Å². The Labute approximate surface area is 332 Å². The maximum atomic E-state index is 13.9. The van der Waals surface area contributed by atoms with E-state index in [9.17, 15) is 48.2 Å². The van der Waals surface area contributed by atoms with Crippen LogP contribution < -0.4 is 37.9 Å². The highest BCUT2D eigenvalue weighted by Crippen LogP contribution is 2.16. The van der Waals surface area contributed by atoms with Crippen LogP contribution in [0.3, 0.4) is 0 Å². The number of rotatable bonds is 21. The smallest absolute Gasteiger partial charge is 0.334 e. The van der Waals surface area contributed by atoms with E-state index in [-0.39, 0.29) is 31.4 Å². The Kier molecular flexibility index (Phi) is 18.5. The Morgan fingerprint density at radius 2 is 1.46 bits per heavy atom. The Morgan fingerprint density at radius 3 is 2.04 bits per heavy atom. The standard InChI is InChI=1S/C37H47FN9O9S/c1-22(50)45-46-37(56)44-29(15-23-6-10-25(38)11-7-23)33(52)42-30(17-27-20-57-21-40-27)34(53)43-31(19-49)36(55)47(2)32(16-24-8-12-28(51)13-9-24)35(54)41-26(18-48)5-3-4-14-39/h6-13,20-21,26,29-32,49,51H,3-5,14-17,19,39H2,1-2H3,(H,41,54)(H,42,52)(H,43,53)(H,45,50)(H2,44,46,56)/t26-,29+,30+,31+,32+/m1/s1. The van der Waals surface area contributed by atoms with E-state index in [1.54, 1.807) is 11.7 Å². The molecule has 2 aromatic carbocycles. The third-order valence-electron chi connectivity index (χ3n) is 8.54. The van der Waals surface area contributed by atoms with Gasteiger partial charge in [0.2, 0.25) is 35.8 Å². The molecule has 1 heterocycles. The number of phenols is 1. The molecule has 0 saturated carbocycles. The third-order valence-corrected chi connectivity index (χ3v) is 9.18. The number of halogens is 1. The minimum atomic E-state index is -1.64. The summed E-state index contributed by atoms with van der Waals surface area (Å²) in [5.74, 6) is -4.61. The van der Waals surface area contributed by atoms with E-state index in [0.29, 0.717) is 36.2 Å². The van der Waals surface area contributed by atoms with Gasteiger partial charge in [-0.05, 0) is 61.2 Å². The normalized spacial score (nSPS) is 13.4. The summed E-state index contributed by atoms with van der Waals surface area (Å²) >= 11 is 1.21. The van der Waals surface area contributed by atoms with Crippen LogP contribution in [-0.4, -0.2) is 112 Å². The van der Waals surface area contributed by atoms with Gasteiger partial charge in [0.1, 0.15) is 35.7 Å². The number of hydrogen-bond donors (Lipinski definition) is 9. The molecule has 10 N–H and O–H groups in total. The first kappa shape index (κ1) is 45.4. The van der Waals surface area contributed by atoms with Crippen molar-refractivity contribution in [2.75, 3.05) is 20.2 Å². The summed E-state index contributed by atoms with van der Waals surface area (Å²) in [5, 5.41) is 31.7. The number of aliphatic hydroxyl groups excluding tert-OH is 1. The number of unbranched alkanes of at least 4 members (excludes halogenated alkanes) is 1. The second-order valence-electron chi connectivity index (χ2n) is 13.0. The molecule has 1 radical (unpaired) electrons. The fourth-order valence-corrected chi connectivity index (χ4v) is 6.04. The summed E-state index contributed by atoms with van der Waals surface area (Å²) in [6.45, 7) is 0.598. The fourth-order valence-electron chi connectivity index (χ4n) is 5.47. The number of nitrogens with two attached hydrogens (primary N) is 1. The van der Waals surface area contributed by atoms with E-state index in [2.05, 4.69) is 37.1 Å². The molecule has 20 heteroatoms. The molecule has 3 rings (SSSR count). The van der Waals surface area contributed by atoms with Crippen molar-refractivity contribution in [2.24, 2.45) is 5.73 Å². The van der Waals surface area contributed by atoms with E-state index in [0.717, 1.165) is 24.0 Å². The number of carbonyl (C=O) groups is 6. The van der Waals surface area contributed by atoms with E-state index in [1.807, 2.05) is 0 Å². The van der Waals surface area contributed by atoms with Gasteiger partial charge in [0.25, 0.3) is 0 Å². The summed E-state index contributed by atoms with van der Waals surface area (Å²) in [6, 6.07) is 3.27. The van der Waals surface area contributed by atoms with E-state index in [1.165, 1.54) is 60.3 Å². The van der Waals surface area contributed by atoms with Crippen LogP contribution in [0.5, 0.6) is 5.75 Å². The van der Waals surface area contributed by atoms with Gasteiger partial charge in [-0.3, -0.25) is 34.2 Å². The molecule has 57 heavy (non-hydrogen) atoms. The predicted molar refractivity (Wildman–Crippen MR) is 205 cm³/mol. The quantitative estimate of drug-likeness (QED) is 0.0477. The molecule has 0 saturated heterocycles. The van der Waals surface area contributed by atoms with E-state index < -0.39 is 78.2 Å². The van der Waals surface area contributed by atoms with Gasteiger partial charge < -0.3 is 42.1 Å². The first-order valence-corrected chi connectivity index (χ1v) is 18.8. The van der Waals surface area contributed by atoms with Crippen LogP contribution in [0.25, 0.3) is 0 Å². The van der Waals surface area contributed by atoms with Crippen LogP contribution in [0.2, 0.25) is 0 Å². The molecule has 18 nitrogen and oxygen atoms in total. The monoisotopic (exact) mass is 812 g/mol. The van der Waals surface area contributed by atoms with Gasteiger partial charge in [-0.25, -0.2) is 19.6 Å². The van der Waals surface area contributed by atoms with Crippen LogP contribution in [0, 0.1) is 5.82 Å². The lowest BCUT2D eigenvalue weighted by Gasteiger charge is -2.32. The Morgan fingerprint density at radius 1 is 0.842 bits per heavy atom. The number of phenolic OH excluding ortho intramolecular Hbond substituents is 1. The number of benzene rings is 2. The van der Waals surface area contributed by atoms with Crippen LogP contribution in [-0.2, 0) is 48.0 Å². The molecule has 0 bridgehead atoms. The van der Waals surface area contributed by atoms with Crippen LogP contribution in [0.4, 0.5) is 9.18 Å². The number of aliphatic hydroxyl groups is 1. The van der Waals surface area contributed by atoms with Crippen molar-refractivity contribution in [3.63, 3.8) is 0 Å². The molecule has 7 amide bonds. The maximum absolute atomic E-state index is 13.9. The molecular formula is C37H47FN9O9S. The zero-order chi connectivity index (χ0) is 41.9.